The van der Waals surface area contributed by atoms with E-state index in [4.69, 9.17) is 9.47 Å². The summed E-state index contributed by atoms with van der Waals surface area (Å²) in [5.41, 5.74) is 2.07. The molecular weight excluding hydrogens is 368 g/mol. The third-order valence-corrected chi connectivity index (χ3v) is 4.59. The van der Waals surface area contributed by atoms with E-state index in [-0.39, 0.29) is 18.4 Å². The van der Waals surface area contributed by atoms with Gasteiger partial charge < -0.3 is 19.7 Å². The normalized spacial score (nSPS) is 11.4. The summed E-state index contributed by atoms with van der Waals surface area (Å²) in [5, 5.41) is 2.83. The van der Waals surface area contributed by atoms with Crippen LogP contribution in [0.5, 0.6) is 11.5 Å². The molecule has 1 atom stereocenters. The summed E-state index contributed by atoms with van der Waals surface area (Å²) in [4.78, 5) is 27.3. The molecule has 0 aromatic heterocycles. The number of para-hydroxylation sites is 2. The first-order chi connectivity index (χ1) is 14.0. The zero-order valence-electron chi connectivity index (χ0n) is 17.6. The van der Waals surface area contributed by atoms with E-state index in [1.807, 2.05) is 57.2 Å². The van der Waals surface area contributed by atoms with Crippen molar-refractivity contribution in [2.45, 2.75) is 39.8 Å². The van der Waals surface area contributed by atoms with Crippen molar-refractivity contribution < 1.29 is 19.1 Å². The van der Waals surface area contributed by atoms with Gasteiger partial charge in [0, 0.05) is 13.1 Å². The highest BCUT2D eigenvalue weighted by Crippen LogP contribution is 2.26. The summed E-state index contributed by atoms with van der Waals surface area (Å²) in [7, 11) is 1.55. The topological polar surface area (TPSA) is 67.9 Å². The molecule has 0 spiro atoms. The molecule has 6 heteroatoms. The van der Waals surface area contributed by atoms with E-state index in [1.165, 1.54) is 0 Å². The lowest BCUT2D eigenvalue weighted by molar-refractivity contribution is -0.142. The molecule has 2 rings (SSSR count). The van der Waals surface area contributed by atoms with Gasteiger partial charge in [0.05, 0.1) is 7.11 Å². The monoisotopic (exact) mass is 398 g/mol. The molecule has 0 saturated carbocycles. The van der Waals surface area contributed by atoms with Crippen molar-refractivity contribution in [2.24, 2.45) is 0 Å². The maximum absolute atomic E-state index is 13.1. The summed E-state index contributed by atoms with van der Waals surface area (Å²) >= 11 is 0. The number of methoxy groups -OCH3 is 1. The number of nitrogens with one attached hydrogen (secondary N) is 1. The van der Waals surface area contributed by atoms with Gasteiger partial charge in [-0.1, -0.05) is 48.9 Å². The minimum Gasteiger partial charge on any atom is -0.493 e. The van der Waals surface area contributed by atoms with Crippen molar-refractivity contribution in [3.05, 3.63) is 59.7 Å². The van der Waals surface area contributed by atoms with Crippen molar-refractivity contribution in [3.8, 4) is 11.5 Å². The Kier molecular flexibility index (Phi) is 8.52. The minimum atomic E-state index is -0.566. The van der Waals surface area contributed by atoms with Crippen LogP contribution in [0.2, 0.25) is 0 Å². The fraction of sp³-hybridized carbons (Fsp3) is 0.391. The van der Waals surface area contributed by atoms with Crippen LogP contribution in [0.4, 0.5) is 0 Å². The summed E-state index contributed by atoms with van der Waals surface area (Å²) in [6, 6.07) is 14.5. The van der Waals surface area contributed by atoms with Crippen LogP contribution in [0.1, 0.15) is 31.4 Å². The number of amides is 2. The van der Waals surface area contributed by atoms with E-state index in [2.05, 4.69) is 5.32 Å². The zero-order valence-corrected chi connectivity index (χ0v) is 17.6. The largest absolute Gasteiger partial charge is 0.493 e. The van der Waals surface area contributed by atoms with Crippen LogP contribution in [0.3, 0.4) is 0 Å². The number of ether oxygens (including phenoxy) is 2. The Labute approximate surface area is 172 Å². The number of hydrogen-bond acceptors (Lipinski definition) is 4. The van der Waals surface area contributed by atoms with Crippen LogP contribution in [0.15, 0.2) is 48.5 Å². The Bertz CT molecular complexity index is 822. The van der Waals surface area contributed by atoms with Crippen LogP contribution in [-0.2, 0) is 16.1 Å². The van der Waals surface area contributed by atoms with E-state index >= 15 is 0 Å². The van der Waals surface area contributed by atoms with E-state index < -0.39 is 6.04 Å². The van der Waals surface area contributed by atoms with Gasteiger partial charge in [0.15, 0.2) is 18.1 Å². The Hall–Kier alpha value is -3.02. The first-order valence-electron chi connectivity index (χ1n) is 9.88. The molecule has 0 heterocycles. The maximum Gasteiger partial charge on any atom is 0.261 e. The minimum absolute atomic E-state index is 0.159. The van der Waals surface area contributed by atoms with Gasteiger partial charge in [0.2, 0.25) is 5.91 Å². The predicted molar refractivity (Wildman–Crippen MR) is 113 cm³/mol. The predicted octanol–water partition coefficient (Wildman–Crippen LogP) is 3.33. The molecule has 1 N–H and O–H groups in total. The molecule has 2 amide bonds. The highest BCUT2D eigenvalue weighted by molar-refractivity contribution is 5.88. The van der Waals surface area contributed by atoms with Gasteiger partial charge in [0.1, 0.15) is 6.04 Å². The summed E-state index contributed by atoms with van der Waals surface area (Å²) in [6.07, 6.45) is 0.512. The first-order valence-corrected chi connectivity index (χ1v) is 9.88. The zero-order chi connectivity index (χ0) is 21.2. The third-order valence-electron chi connectivity index (χ3n) is 4.59. The van der Waals surface area contributed by atoms with Gasteiger partial charge in [-0.05, 0) is 38.0 Å². The second kappa shape index (κ2) is 11.1. The van der Waals surface area contributed by atoms with Crippen LogP contribution in [-0.4, -0.2) is 43.0 Å². The molecule has 29 heavy (non-hydrogen) atoms. The molecule has 2 aromatic carbocycles. The standard InChI is InChI=1S/C23H30N2O4/c1-5-19(23(27)24-6-2)25(15-18-11-9-10-17(3)14-18)22(26)16-29-21-13-8-7-12-20(21)28-4/h7-14,19H,5-6,15-16H2,1-4H3,(H,24,27)/t19-/m1/s1. The van der Waals surface area contributed by atoms with Crippen molar-refractivity contribution in [1.82, 2.24) is 10.2 Å². The molecule has 0 radical (unpaired) electrons. The Morgan fingerprint density at radius 1 is 1.07 bits per heavy atom. The van der Waals surface area contributed by atoms with E-state index in [0.29, 0.717) is 31.0 Å². The fourth-order valence-electron chi connectivity index (χ4n) is 3.18. The van der Waals surface area contributed by atoms with Gasteiger partial charge in [-0.3, -0.25) is 9.59 Å². The fourth-order valence-corrected chi connectivity index (χ4v) is 3.18. The molecule has 0 aliphatic rings. The molecule has 156 valence electrons. The molecular formula is C23H30N2O4. The van der Waals surface area contributed by atoms with Crippen LogP contribution >= 0.6 is 0 Å². The number of rotatable bonds is 10. The molecule has 6 nitrogen and oxygen atoms in total. The summed E-state index contributed by atoms with van der Waals surface area (Å²) in [6.45, 7) is 6.44. The SMILES string of the molecule is CCNC(=O)[C@@H](CC)N(Cc1cccc(C)c1)C(=O)COc1ccccc1OC. The van der Waals surface area contributed by atoms with Crippen molar-refractivity contribution in [2.75, 3.05) is 20.3 Å². The highest BCUT2D eigenvalue weighted by Gasteiger charge is 2.28. The molecule has 0 aliphatic heterocycles. The van der Waals surface area contributed by atoms with Crippen LogP contribution < -0.4 is 14.8 Å². The number of carbonyl (C=O) groups is 2. The number of aryl methyl sites for hydroxylation is 1. The van der Waals surface area contributed by atoms with E-state index in [0.717, 1.165) is 11.1 Å². The Morgan fingerprint density at radius 2 is 1.79 bits per heavy atom. The van der Waals surface area contributed by atoms with E-state index in [1.54, 1.807) is 24.1 Å². The smallest absolute Gasteiger partial charge is 0.261 e. The average molecular weight is 399 g/mol. The molecule has 0 saturated heterocycles. The number of nitrogens with zero attached hydrogens (tertiary/aromatic N) is 1. The highest BCUT2D eigenvalue weighted by atomic mass is 16.5. The number of benzene rings is 2. The van der Waals surface area contributed by atoms with Crippen LogP contribution in [0.25, 0.3) is 0 Å². The van der Waals surface area contributed by atoms with Gasteiger partial charge in [-0.25, -0.2) is 0 Å². The van der Waals surface area contributed by atoms with Gasteiger partial charge >= 0.3 is 0 Å². The van der Waals surface area contributed by atoms with Crippen molar-refractivity contribution in [3.63, 3.8) is 0 Å². The molecule has 0 aliphatic carbocycles. The van der Waals surface area contributed by atoms with Gasteiger partial charge in [0.25, 0.3) is 5.91 Å². The Balaban J connectivity index is 2.22. The van der Waals surface area contributed by atoms with Crippen molar-refractivity contribution >= 4 is 11.8 Å². The lowest BCUT2D eigenvalue weighted by atomic mass is 10.1. The lowest BCUT2D eigenvalue weighted by Gasteiger charge is -2.30. The first kappa shape index (κ1) is 22.3. The quantitative estimate of drug-likeness (QED) is 0.667. The molecule has 0 bridgehead atoms. The average Bonchev–Trinajstić information content (AvgIpc) is 2.72. The van der Waals surface area contributed by atoms with Crippen LogP contribution in [0, 0.1) is 6.92 Å². The Morgan fingerprint density at radius 3 is 2.41 bits per heavy atom. The second-order valence-corrected chi connectivity index (χ2v) is 6.77. The van der Waals surface area contributed by atoms with E-state index in [9.17, 15) is 9.59 Å². The third kappa shape index (κ3) is 6.24. The molecule has 2 aromatic rings. The van der Waals surface area contributed by atoms with Gasteiger partial charge in [-0.15, -0.1) is 0 Å². The van der Waals surface area contributed by atoms with Gasteiger partial charge in [-0.2, -0.15) is 0 Å². The summed E-state index contributed by atoms with van der Waals surface area (Å²) in [5.74, 6) is 0.634. The van der Waals surface area contributed by atoms with Crippen molar-refractivity contribution in [1.29, 1.82) is 0 Å². The summed E-state index contributed by atoms with van der Waals surface area (Å²) < 4.78 is 11.0. The lowest BCUT2D eigenvalue weighted by Crippen LogP contribution is -2.50. The maximum atomic E-state index is 13.1. The molecule has 0 unspecified atom stereocenters. The second-order valence-electron chi connectivity index (χ2n) is 6.77. The number of likely N-dealkylation sites (N-methyl/N-ethyl adjacent to an activating group) is 1. The number of carbonyl (C=O) groups excluding carboxylic acids is 2. The molecule has 0 fully saturated rings. The number of hydrogen-bond donors (Lipinski definition) is 1.